The quantitative estimate of drug-likeness (QED) is 0.708. The van der Waals surface area contributed by atoms with Crippen molar-refractivity contribution in [2.75, 3.05) is 33.2 Å². The zero-order valence-electron chi connectivity index (χ0n) is 12.8. The maximum absolute atomic E-state index is 12.3. The SMILES string of the molecule is CCCNCc1csc(S(=O)(=O)NCC2CCN(C)C2)c1. The molecule has 1 aromatic rings. The van der Waals surface area contributed by atoms with Crippen LogP contribution in [0.5, 0.6) is 0 Å². The van der Waals surface area contributed by atoms with E-state index in [1.807, 2.05) is 5.38 Å². The number of nitrogens with one attached hydrogen (secondary N) is 2. The van der Waals surface area contributed by atoms with E-state index in [4.69, 9.17) is 0 Å². The maximum atomic E-state index is 12.3. The predicted octanol–water partition coefficient (Wildman–Crippen LogP) is 1.48. The van der Waals surface area contributed by atoms with Crippen LogP contribution in [-0.2, 0) is 16.6 Å². The Balaban J connectivity index is 1.87. The molecule has 7 heteroatoms. The largest absolute Gasteiger partial charge is 0.313 e. The van der Waals surface area contributed by atoms with Gasteiger partial charge in [0.2, 0.25) is 10.0 Å². The first-order valence-electron chi connectivity index (χ1n) is 7.47. The molecule has 1 aliphatic rings. The van der Waals surface area contributed by atoms with Crippen molar-refractivity contribution >= 4 is 21.4 Å². The molecule has 2 heterocycles. The third-order valence-corrected chi connectivity index (χ3v) is 6.61. The van der Waals surface area contributed by atoms with Gasteiger partial charge >= 0.3 is 0 Å². The molecule has 0 bridgehead atoms. The van der Waals surface area contributed by atoms with Crippen LogP contribution in [0.2, 0.25) is 0 Å². The summed E-state index contributed by atoms with van der Waals surface area (Å²) in [5.41, 5.74) is 1.04. The summed E-state index contributed by atoms with van der Waals surface area (Å²) in [4.78, 5) is 2.24. The number of sulfonamides is 1. The van der Waals surface area contributed by atoms with E-state index in [-0.39, 0.29) is 0 Å². The summed E-state index contributed by atoms with van der Waals surface area (Å²) in [5.74, 6) is 0.426. The Hall–Kier alpha value is -0.470. The van der Waals surface area contributed by atoms with E-state index in [2.05, 4.69) is 28.9 Å². The first-order valence-corrected chi connectivity index (χ1v) is 9.84. The molecule has 1 unspecified atom stereocenters. The summed E-state index contributed by atoms with van der Waals surface area (Å²) in [7, 11) is -1.28. The zero-order chi connectivity index (χ0) is 15.3. The van der Waals surface area contributed by atoms with Gasteiger partial charge in [0.25, 0.3) is 0 Å². The van der Waals surface area contributed by atoms with Gasteiger partial charge in [-0.1, -0.05) is 6.92 Å². The number of thiophene rings is 1. The molecule has 0 saturated carbocycles. The topological polar surface area (TPSA) is 61.4 Å². The van der Waals surface area contributed by atoms with Crippen LogP contribution < -0.4 is 10.0 Å². The van der Waals surface area contributed by atoms with Gasteiger partial charge in [-0.15, -0.1) is 11.3 Å². The summed E-state index contributed by atoms with van der Waals surface area (Å²) in [5, 5.41) is 5.20. The van der Waals surface area contributed by atoms with Crippen molar-refractivity contribution in [2.45, 2.75) is 30.5 Å². The molecule has 0 spiro atoms. The van der Waals surface area contributed by atoms with Gasteiger partial charge in [-0.3, -0.25) is 0 Å². The normalized spacial score (nSPS) is 20.2. The Labute approximate surface area is 131 Å². The highest BCUT2D eigenvalue weighted by Crippen LogP contribution is 2.21. The number of hydrogen-bond donors (Lipinski definition) is 2. The summed E-state index contributed by atoms with van der Waals surface area (Å²) < 4.78 is 27.7. The third-order valence-electron chi connectivity index (χ3n) is 3.70. The van der Waals surface area contributed by atoms with E-state index < -0.39 is 10.0 Å². The Kier molecular flexibility index (Phi) is 6.19. The average Bonchev–Trinajstić information content (AvgIpc) is 3.06. The molecular weight excluding hydrogens is 306 g/mol. The second kappa shape index (κ2) is 7.69. The fourth-order valence-electron chi connectivity index (χ4n) is 2.49. The van der Waals surface area contributed by atoms with E-state index >= 15 is 0 Å². The van der Waals surface area contributed by atoms with Crippen molar-refractivity contribution in [1.29, 1.82) is 0 Å². The van der Waals surface area contributed by atoms with Crippen molar-refractivity contribution in [3.05, 3.63) is 17.0 Å². The fraction of sp³-hybridized carbons (Fsp3) is 0.714. The molecule has 0 amide bonds. The van der Waals surface area contributed by atoms with Crippen LogP contribution in [0.3, 0.4) is 0 Å². The van der Waals surface area contributed by atoms with Crippen LogP contribution >= 0.6 is 11.3 Å². The van der Waals surface area contributed by atoms with E-state index in [9.17, 15) is 8.42 Å². The van der Waals surface area contributed by atoms with Gasteiger partial charge in [0.1, 0.15) is 4.21 Å². The highest BCUT2D eigenvalue weighted by atomic mass is 32.2. The monoisotopic (exact) mass is 331 g/mol. The maximum Gasteiger partial charge on any atom is 0.250 e. The van der Waals surface area contributed by atoms with Crippen molar-refractivity contribution < 1.29 is 8.42 Å². The van der Waals surface area contributed by atoms with E-state index in [1.54, 1.807) is 6.07 Å². The van der Waals surface area contributed by atoms with Crippen molar-refractivity contribution in [3.63, 3.8) is 0 Å². The van der Waals surface area contributed by atoms with Crippen LogP contribution in [-0.4, -0.2) is 46.5 Å². The lowest BCUT2D eigenvalue weighted by Crippen LogP contribution is -2.30. The second-order valence-electron chi connectivity index (χ2n) is 5.72. The number of likely N-dealkylation sites (tertiary alicyclic amines) is 1. The van der Waals surface area contributed by atoms with Gasteiger partial charge in [0, 0.05) is 19.6 Å². The molecule has 1 fully saturated rings. The molecule has 5 nitrogen and oxygen atoms in total. The Morgan fingerprint density at radius 2 is 2.29 bits per heavy atom. The molecule has 2 rings (SSSR count). The van der Waals surface area contributed by atoms with Gasteiger partial charge in [-0.2, -0.15) is 0 Å². The first kappa shape index (κ1) is 16.9. The lowest BCUT2D eigenvalue weighted by molar-refractivity contribution is 0.394. The van der Waals surface area contributed by atoms with Crippen molar-refractivity contribution in [2.24, 2.45) is 5.92 Å². The van der Waals surface area contributed by atoms with Gasteiger partial charge in [-0.05, 0) is 55.9 Å². The standard InChI is InChI=1S/C14H25N3O2S2/c1-3-5-15-8-13-7-14(20-11-13)21(18,19)16-9-12-4-6-17(2)10-12/h7,11-12,15-16H,3-6,8-10H2,1-2H3. The van der Waals surface area contributed by atoms with Crippen LogP contribution in [0.4, 0.5) is 0 Å². The van der Waals surface area contributed by atoms with Crippen molar-refractivity contribution in [1.82, 2.24) is 14.9 Å². The number of rotatable bonds is 8. The average molecular weight is 332 g/mol. The summed E-state index contributed by atoms with van der Waals surface area (Å²) >= 11 is 1.30. The molecule has 1 aliphatic heterocycles. The van der Waals surface area contributed by atoms with Crippen LogP contribution in [0.1, 0.15) is 25.3 Å². The molecule has 1 atom stereocenters. The molecule has 0 aliphatic carbocycles. The van der Waals surface area contributed by atoms with Crippen LogP contribution in [0.15, 0.2) is 15.7 Å². The van der Waals surface area contributed by atoms with E-state index in [1.165, 1.54) is 11.3 Å². The van der Waals surface area contributed by atoms with Crippen LogP contribution in [0.25, 0.3) is 0 Å². The lowest BCUT2D eigenvalue weighted by Gasteiger charge is -2.11. The molecular formula is C14H25N3O2S2. The molecule has 120 valence electrons. The highest BCUT2D eigenvalue weighted by Gasteiger charge is 2.23. The minimum atomic E-state index is -3.35. The summed E-state index contributed by atoms with van der Waals surface area (Å²) in [6, 6.07) is 1.77. The fourth-order valence-corrected chi connectivity index (χ4v) is 4.86. The third kappa shape index (κ3) is 5.03. The van der Waals surface area contributed by atoms with E-state index in [0.717, 1.165) is 44.6 Å². The Morgan fingerprint density at radius 3 is 2.95 bits per heavy atom. The highest BCUT2D eigenvalue weighted by molar-refractivity contribution is 7.91. The molecule has 21 heavy (non-hydrogen) atoms. The summed E-state index contributed by atoms with van der Waals surface area (Å²) in [6.07, 6.45) is 2.14. The Bertz CT molecular complexity index is 542. The first-order chi connectivity index (χ1) is 10.0. The van der Waals surface area contributed by atoms with Gasteiger partial charge in [0.15, 0.2) is 0 Å². The second-order valence-corrected chi connectivity index (χ2v) is 8.62. The predicted molar refractivity (Wildman–Crippen MR) is 87.1 cm³/mol. The van der Waals surface area contributed by atoms with Crippen molar-refractivity contribution in [3.8, 4) is 0 Å². The zero-order valence-corrected chi connectivity index (χ0v) is 14.4. The number of hydrogen-bond acceptors (Lipinski definition) is 5. The summed E-state index contributed by atoms with van der Waals surface area (Å²) in [6.45, 7) is 6.35. The smallest absolute Gasteiger partial charge is 0.250 e. The lowest BCUT2D eigenvalue weighted by atomic mass is 10.1. The van der Waals surface area contributed by atoms with Gasteiger partial charge < -0.3 is 10.2 Å². The molecule has 2 N–H and O–H groups in total. The number of nitrogens with zero attached hydrogens (tertiary/aromatic N) is 1. The van der Waals surface area contributed by atoms with E-state index in [0.29, 0.717) is 16.7 Å². The minimum absolute atomic E-state index is 0.419. The molecule has 1 saturated heterocycles. The Morgan fingerprint density at radius 1 is 1.48 bits per heavy atom. The molecule has 1 aromatic heterocycles. The molecule has 0 aromatic carbocycles. The van der Waals surface area contributed by atoms with Gasteiger partial charge in [0.05, 0.1) is 0 Å². The van der Waals surface area contributed by atoms with Gasteiger partial charge in [-0.25, -0.2) is 13.1 Å². The van der Waals surface area contributed by atoms with Crippen LogP contribution in [0, 0.1) is 5.92 Å². The minimum Gasteiger partial charge on any atom is -0.313 e. The molecule has 0 radical (unpaired) electrons.